The molecule has 120 valence electrons. The Morgan fingerprint density at radius 1 is 1.41 bits per heavy atom. The third-order valence-corrected chi connectivity index (χ3v) is 4.32. The number of nitrogens with one attached hydrogen (secondary N) is 2. The number of carbonyl (C=O) groups is 2. The molecule has 0 spiro atoms. The zero-order valence-electron chi connectivity index (χ0n) is 12.8. The van der Waals surface area contributed by atoms with Gasteiger partial charge in [-0.2, -0.15) is 0 Å². The van der Waals surface area contributed by atoms with Crippen molar-refractivity contribution in [1.29, 1.82) is 0 Å². The minimum atomic E-state index is -0.437. The molecule has 1 aromatic heterocycles. The third-order valence-electron chi connectivity index (χ3n) is 4.32. The number of likely N-dealkylation sites (tertiary alicyclic amines) is 1. The number of urea groups is 1. The number of aryl methyl sites for hydroxylation is 1. The highest BCUT2D eigenvalue weighted by atomic mass is 16.5. The fourth-order valence-electron chi connectivity index (χ4n) is 3.15. The fraction of sp³-hybridized carbons (Fsp3) is 0.667. The lowest BCUT2D eigenvalue weighted by atomic mass is 10.1. The Morgan fingerprint density at radius 3 is 3.05 bits per heavy atom. The maximum absolute atomic E-state index is 12.5. The van der Waals surface area contributed by atoms with E-state index in [0.29, 0.717) is 19.5 Å². The van der Waals surface area contributed by atoms with E-state index < -0.39 is 6.04 Å². The molecule has 2 fully saturated rings. The van der Waals surface area contributed by atoms with Gasteiger partial charge in [-0.3, -0.25) is 4.79 Å². The van der Waals surface area contributed by atoms with E-state index in [2.05, 4.69) is 15.8 Å². The van der Waals surface area contributed by atoms with E-state index in [9.17, 15) is 9.59 Å². The van der Waals surface area contributed by atoms with E-state index in [-0.39, 0.29) is 18.0 Å². The van der Waals surface area contributed by atoms with E-state index in [4.69, 9.17) is 4.52 Å². The molecule has 2 saturated heterocycles. The van der Waals surface area contributed by atoms with Gasteiger partial charge in [0.15, 0.2) is 5.76 Å². The smallest absolute Gasteiger partial charge is 0.318 e. The van der Waals surface area contributed by atoms with Crippen molar-refractivity contribution in [1.82, 2.24) is 20.7 Å². The molecule has 7 heteroatoms. The quantitative estimate of drug-likeness (QED) is 0.866. The highest BCUT2D eigenvalue weighted by Crippen LogP contribution is 2.32. The summed E-state index contributed by atoms with van der Waals surface area (Å²) in [5.74, 6) is 0.632. The Kier molecular flexibility index (Phi) is 4.31. The predicted molar refractivity (Wildman–Crippen MR) is 79.1 cm³/mol. The van der Waals surface area contributed by atoms with Gasteiger partial charge in [-0.15, -0.1) is 0 Å². The summed E-state index contributed by atoms with van der Waals surface area (Å²) in [6, 6.07) is 1.15. The molecule has 7 nitrogen and oxygen atoms in total. The first-order chi connectivity index (χ1) is 10.6. The van der Waals surface area contributed by atoms with E-state index in [1.54, 1.807) is 4.90 Å². The molecule has 0 bridgehead atoms. The minimum Gasteiger partial charge on any atom is -0.359 e. The molecule has 0 radical (unpaired) electrons. The molecule has 2 aliphatic rings. The van der Waals surface area contributed by atoms with Crippen molar-refractivity contribution in [3.05, 3.63) is 17.5 Å². The summed E-state index contributed by atoms with van der Waals surface area (Å²) in [6.07, 6.45) is 4.38. The maximum Gasteiger partial charge on any atom is 0.318 e. The van der Waals surface area contributed by atoms with Crippen LogP contribution in [0.25, 0.3) is 0 Å². The average Bonchev–Trinajstić information content (AvgIpc) is 3.09. The lowest BCUT2D eigenvalue weighted by Gasteiger charge is -2.25. The van der Waals surface area contributed by atoms with E-state index in [1.807, 2.05) is 13.0 Å². The first-order valence-corrected chi connectivity index (χ1v) is 7.93. The second-order valence-corrected chi connectivity index (χ2v) is 6.01. The van der Waals surface area contributed by atoms with Gasteiger partial charge in [-0.05, 0) is 39.0 Å². The third kappa shape index (κ3) is 3.08. The number of carbonyl (C=O) groups excluding carboxylic acids is 2. The van der Waals surface area contributed by atoms with Crippen LogP contribution in [0.5, 0.6) is 0 Å². The second kappa shape index (κ2) is 6.37. The Hall–Kier alpha value is -2.05. The van der Waals surface area contributed by atoms with Crippen molar-refractivity contribution < 1.29 is 14.1 Å². The van der Waals surface area contributed by atoms with Gasteiger partial charge in [0.1, 0.15) is 6.04 Å². The average molecular weight is 306 g/mol. The Morgan fingerprint density at radius 2 is 2.27 bits per heavy atom. The predicted octanol–water partition coefficient (Wildman–Crippen LogP) is 1.50. The summed E-state index contributed by atoms with van der Waals surface area (Å²) < 4.78 is 5.31. The summed E-state index contributed by atoms with van der Waals surface area (Å²) in [6.45, 7) is 3.22. The molecule has 1 aromatic rings. The van der Waals surface area contributed by atoms with Crippen LogP contribution in [0.2, 0.25) is 0 Å². The largest absolute Gasteiger partial charge is 0.359 e. The van der Waals surface area contributed by atoms with Crippen LogP contribution in [0.3, 0.4) is 0 Å². The van der Waals surface area contributed by atoms with Gasteiger partial charge in [0.25, 0.3) is 0 Å². The highest BCUT2D eigenvalue weighted by Gasteiger charge is 2.34. The molecule has 0 saturated carbocycles. The van der Waals surface area contributed by atoms with Crippen LogP contribution >= 0.6 is 0 Å². The molecule has 3 heterocycles. The molecule has 2 atom stereocenters. The van der Waals surface area contributed by atoms with Gasteiger partial charge >= 0.3 is 6.03 Å². The van der Waals surface area contributed by atoms with Crippen molar-refractivity contribution in [2.75, 3.05) is 13.1 Å². The molecule has 2 aliphatic heterocycles. The van der Waals surface area contributed by atoms with Crippen LogP contribution in [-0.2, 0) is 4.79 Å². The monoisotopic (exact) mass is 306 g/mol. The van der Waals surface area contributed by atoms with Crippen LogP contribution in [0.4, 0.5) is 4.79 Å². The molecule has 0 aliphatic carbocycles. The summed E-state index contributed by atoms with van der Waals surface area (Å²) in [5, 5.41) is 9.60. The van der Waals surface area contributed by atoms with Gasteiger partial charge in [0.05, 0.1) is 11.7 Å². The van der Waals surface area contributed by atoms with Crippen molar-refractivity contribution in [2.45, 2.75) is 51.1 Å². The zero-order chi connectivity index (χ0) is 15.5. The van der Waals surface area contributed by atoms with Gasteiger partial charge in [0.2, 0.25) is 5.91 Å². The molecular weight excluding hydrogens is 284 g/mol. The fourth-order valence-corrected chi connectivity index (χ4v) is 3.15. The molecule has 22 heavy (non-hydrogen) atoms. The normalized spacial score (nSPS) is 25.7. The van der Waals surface area contributed by atoms with E-state index >= 15 is 0 Å². The topological polar surface area (TPSA) is 87.5 Å². The summed E-state index contributed by atoms with van der Waals surface area (Å²) in [4.78, 5) is 26.2. The van der Waals surface area contributed by atoms with Crippen LogP contribution in [-0.4, -0.2) is 41.1 Å². The summed E-state index contributed by atoms with van der Waals surface area (Å²) in [7, 11) is 0. The molecule has 2 N–H and O–H groups in total. The Balaban J connectivity index is 1.66. The van der Waals surface area contributed by atoms with Gasteiger partial charge in [-0.25, -0.2) is 4.79 Å². The van der Waals surface area contributed by atoms with Crippen LogP contribution in [0, 0.1) is 6.92 Å². The van der Waals surface area contributed by atoms with E-state index in [1.165, 1.54) is 0 Å². The second-order valence-electron chi connectivity index (χ2n) is 6.01. The van der Waals surface area contributed by atoms with Gasteiger partial charge in [-0.1, -0.05) is 5.16 Å². The van der Waals surface area contributed by atoms with Crippen molar-refractivity contribution >= 4 is 11.9 Å². The summed E-state index contributed by atoms with van der Waals surface area (Å²) >= 11 is 0. The number of aromatic nitrogens is 1. The molecule has 0 aromatic carbocycles. The maximum atomic E-state index is 12.5. The van der Waals surface area contributed by atoms with Crippen LogP contribution < -0.4 is 10.6 Å². The van der Waals surface area contributed by atoms with E-state index in [0.717, 1.165) is 37.1 Å². The molecule has 0 unspecified atom stereocenters. The van der Waals surface area contributed by atoms with Crippen LogP contribution in [0.15, 0.2) is 10.6 Å². The zero-order valence-corrected chi connectivity index (χ0v) is 12.8. The highest BCUT2D eigenvalue weighted by molar-refractivity contribution is 5.87. The SMILES string of the molecule is Cc1cc([C@@H]2CCCN2C(=O)N[C@H]2CCCCNC2=O)on1. The molecular formula is C15H22N4O3. The van der Waals surface area contributed by atoms with Crippen molar-refractivity contribution in [3.63, 3.8) is 0 Å². The van der Waals surface area contributed by atoms with Crippen molar-refractivity contribution in [2.24, 2.45) is 0 Å². The van der Waals surface area contributed by atoms with Gasteiger partial charge in [0, 0.05) is 19.2 Å². The Bertz CT molecular complexity index is 557. The Labute approximate surface area is 129 Å². The first-order valence-electron chi connectivity index (χ1n) is 7.93. The summed E-state index contributed by atoms with van der Waals surface area (Å²) in [5.41, 5.74) is 0.811. The van der Waals surface area contributed by atoms with Gasteiger partial charge < -0.3 is 20.1 Å². The lowest BCUT2D eigenvalue weighted by Crippen LogP contribution is -2.50. The minimum absolute atomic E-state index is 0.0860. The molecule has 3 rings (SSSR count). The molecule has 3 amide bonds. The number of hydrogen-bond donors (Lipinski definition) is 2. The van der Waals surface area contributed by atoms with Crippen molar-refractivity contribution in [3.8, 4) is 0 Å². The number of hydrogen-bond acceptors (Lipinski definition) is 4. The lowest BCUT2D eigenvalue weighted by molar-refractivity contribution is -0.122. The standard InChI is InChI=1S/C15H22N4O3/c1-10-9-13(22-18-10)12-6-4-8-19(12)15(21)17-11-5-2-3-7-16-14(11)20/h9,11-12H,2-8H2,1H3,(H,16,20)(H,17,21)/t11-,12-/m0/s1. The number of rotatable bonds is 2. The van der Waals surface area contributed by atoms with Crippen LogP contribution in [0.1, 0.15) is 49.6 Å². The number of nitrogens with zero attached hydrogens (tertiary/aromatic N) is 2. The number of amides is 3. The first kappa shape index (κ1) is 14.9.